The van der Waals surface area contributed by atoms with Crippen LogP contribution in [0.4, 0.5) is 0 Å². The molecule has 0 radical (unpaired) electrons. The summed E-state index contributed by atoms with van der Waals surface area (Å²) < 4.78 is 5.90. The molecule has 0 spiro atoms. The van der Waals surface area contributed by atoms with Crippen LogP contribution >= 0.6 is 0 Å². The van der Waals surface area contributed by atoms with Gasteiger partial charge in [0.2, 0.25) is 0 Å². The molecular formula is C22H33NO2. The molecule has 0 saturated carbocycles. The van der Waals surface area contributed by atoms with Crippen molar-refractivity contribution in [3.63, 3.8) is 0 Å². The molecule has 0 aromatic carbocycles. The molecule has 138 valence electrons. The summed E-state index contributed by atoms with van der Waals surface area (Å²) in [5.74, 6) is 2.15. The van der Waals surface area contributed by atoms with Gasteiger partial charge in [-0.2, -0.15) is 0 Å². The first-order chi connectivity index (χ1) is 12.0. The average Bonchev–Trinajstić information content (AvgIpc) is 2.62. The Morgan fingerprint density at radius 1 is 1.32 bits per heavy atom. The SMILES string of the molecule is CCCN1CCC[C@@H]2C1=CCC1C(OC(=O)C(C)(C)CC)=CC=CC12. The van der Waals surface area contributed by atoms with E-state index in [-0.39, 0.29) is 5.97 Å². The first-order valence-electron chi connectivity index (χ1n) is 10.0. The minimum Gasteiger partial charge on any atom is -0.430 e. The minimum atomic E-state index is -0.421. The molecule has 0 amide bonds. The molecule has 3 atom stereocenters. The second-order valence-electron chi connectivity index (χ2n) is 8.37. The van der Waals surface area contributed by atoms with Crippen LogP contribution in [0.3, 0.4) is 0 Å². The van der Waals surface area contributed by atoms with E-state index < -0.39 is 5.41 Å². The summed E-state index contributed by atoms with van der Waals surface area (Å²) in [7, 11) is 0. The van der Waals surface area contributed by atoms with Crippen molar-refractivity contribution >= 4 is 5.97 Å². The van der Waals surface area contributed by atoms with E-state index in [1.54, 1.807) is 5.70 Å². The number of hydrogen-bond donors (Lipinski definition) is 0. The van der Waals surface area contributed by atoms with E-state index in [2.05, 4.69) is 30.1 Å². The van der Waals surface area contributed by atoms with E-state index in [1.165, 1.54) is 25.8 Å². The lowest BCUT2D eigenvalue weighted by atomic mass is 9.68. The molecule has 1 saturated heterocycles. The smallest absolute Gasteiger partial charge is 0.316 e. The Bertz CT molecular complexity index is 597. The normalized spacial score (nSPS) is 28.6. The van der Waals surface area contributed by atoms with Gasteiger partial charge in [0.05, 0.1) is 5.41 Å². The molecule has 1 aliphatic heterocycles. The van der Waals surface area contributed by atoms with Gasteiger partial charge in [0.15, 0.2) is 0 Å². The van der Waals surface area contributed by atoms with Gasteiger partial charge >= 0.3 is 5.97 Å². The Kier molecular flexibility index (Phi) is 5.41. The number of piperidine rings is 1. The summed E-state index contributed by atoms with van der Waals surface area (Å²) >= 11 is 0. The highest BCUT2D eigenvalue weighted by molar-refractivity contribution is 5.77. The summed E-state index contributed by atoms with van der Waals surface area (Å²) in [6.45, 7) is 10.6. The van der Waals surface area contributed by atoms with Crippen LogP contribution < -0.4 is 0 Å². The Morgan fingerprint density at radius 3 is 2.84 bits per heavy atom. The molecular weight excluding hydrogens is 310 g/mol. The van der Waals surface area contributed by atoms with Crippen LogP contribution in [0.25, 0.3) is 0 Å². The molecule has 25 heavy (non-hydrogen) atoms. The minimum absolute atomic E-state index is 0.0960. The predicted octanol–water partition coefficient (Wildman–Crippen LogP) is 5.06. The zero-order valence-electron chi connectivity index (χ0n) is 16.3. The van der Waals surface area contributed by atoms with Crippen LogP contribution in [0.2, 0.25) is 0 Å². The number of rotatable bonds is 5. The fourth-order valence-corrected chi connectivity index (χ4v) is 4.36. The summed E-state index contributed by atoms with van der Waals surface area (Å²) in [5, 5.41) is 0. The van der Waals surface area contributed by atoms with Gasteiger partial charge in [-0.3, -0.25) is 4.79 Å². The van der Waals surface area contributed by atoms with Crippen LogP contribution in [-0.2, 0) is 9.53 Å². The lowest BCUT2D eigenvalue weighted by Crippen LogP contribution is -2.42. The maximum absolute atomic E-state index is 12.5. The third-order valence-electron chi connectivity index (χ3n) is 6.30. The van der Waals surface area contributed by atoms with Gasteiger partial charge in [0.25, 0.3) is 0 Å². The lowest BCUT2D eigenvalue weighted by Gasteiger charge is -2.46. The number of fused-ring (bicyclic) bond motifs is 3. The Morgan fingerprint density at radius 2 is 2.12 bits per heavy atom. The van der Waals surface area contributed by atoms with Gasteiger partial charge in [-0.15, -0.1) is 0 Å². The number of hydrogen-bond acceptors (Lipinski definition) is 3. The van der Waals surface area contributed by atoms with Gasteiger partial charge in [0.1, 0.15) is 5.76 Å². The van der Waals surface area contributed by atoms with Gasteiger partial charge in [0, 0.05) is 30.6 Å². The number of esters is 1. The van der Waals surface area contributed by atoms with E-state index in [1.807, 2.05) is 26.8 Å². The topological polar surface area (TPSA) is 29.5 Å². The van der Waals surface area contributed by atoms with E-state index >= 15 is 0 Å². The summed E-state index contributed by atoms with van der Waals surface area (Å²) in [6.07, 6.45) is 14.4. The molecule has 2 aliphatic carbocycles. The zero-order chi connectivity index (χ0) is 18.0. The molecule has 0 N–H and O–H groups in total. The predicted molar refractivity (Wildman–Crippen MR) is 102 cm³/mol. The third-order valence-corrected chi connectivity index (χ3v) is 6.30. The van der Waals surface area contributed by atoms with E-state index in [0.717, 1.165) is 25.1 Å². The van der Waals surface area contributed by atoms with E-state index in [9.17, 15) is 4.79 Å². The third kappa shape index (κ3) is 3.56. The van der Waals surface area contributed by atoms with Gasteiger partial charge in [-0.25, -0.2) is 0 Å². The van der Waals surface area contributed by atoms with Crippen molar-refractivity contribution in [2.24, 2.45) is 23.2 Å². The largest absolute Gasteiger partial charge is 0.430 e. The maximum atomic E-state index is 12.5. The van der Waals surface area contributed by atoms with Crippen molar-refractivity contribution in [2.75, 3.05) is 13.1 Å². The van der Waals surface area contributed by atoms with Crippen LogP contribution in [0, 0.1) is 23.2 Å². The van der Waals surface area contributed by atoms with Gasteiger partial charge < -0.3 is 9.64 Å². The lowest BCUT2D eigenvalue weighted by molar-refractivity contribution is -0.151. The number of carbonyl (C=O) groups is 1. The molecule has 0 bridgehead atoms. The second kappa shape index (κ2) is 7.39. The van der Waals surface area contributed by atoms with Crippen molar-refractivity contribution in [1.29, 1.82) is 0 Å². The van der Waals surface area contributed by atoms with Crippen molar-refractivity contribution in [3.8, 4) is 0 Å². The van der Waals surface area contributed by atoms with E-state index in [4.69, 9.17) is 4.74 Å². The Hall–Kier alpha value is -1.51. The highest BCUT2D eigenvalue weighted by Crippen LogP contribution is 2.47. The standard InChI is InChI=1S/C22H33NO2/c1-5-14-23-15-8-10-17-16-9-7-11-20(18(16)12-13-19(17)23)25-21(24)22(3,4)6-2/h7,9,11,13,16-18H,5-6,8,10,12,14-15H2,1-4H3/t16?,17-,18?/m0/s1. The molecule has 3 aliphatic rings. The number of likely N-dealkylation sites (tertiary alicyclic amines) is 1. The summed E-state index contributed by atoms with van der Waals surface area (Å²) in [4.78, 5) is 15.1. The molecule has 1 heterocycles. The van der Waals surface area contributed by atoms with Gasteiger partial charge in [-0.1, -0.05) is 32.1 Å². The Labute approximate surface area is 152 Å². The Balaban J connectivity index is 1.78. The van der Waals surface area contributed by atoms with Crippen molar-refractivity contribution in [3.05, 3.63) is 35.8 Å². The number of allylic oxidation sites excluding steroid dienone is 6. The summed E-state index contributed by atoms with van der Waals surface area (Å²) in [5.41, 5.74) is 1.12. The van der Waals surface area contributed by atoms with Crippen LogP contribution in [0.5, 0.6) is 0 Å². The first kappa shape index (κ1) is 18.3. The first-order valence-corrected chi connectivity index (χ1v) is 10.0. The van der Waals surface area contributed by atoms with Crippen molar-refractivity contribution in [1.82, 2.24) is 4.90 Å². The molecule has 3 heteroatoms. The van der Waals surface area contributed by atoms with Crippen molar-refractivity contribution < 1.29 is 9.53 Å². The highest BCUT2D eigenvalue weighted by Gasteiger charge is 2.41. The van der Waals surface area contributed by atoms with Crippen LogP contribution in [-0.4, -0.2) is 24.0 Å². The molecule has 3 rings (SSSR count). The van der Waals surface area contributed by atoms with Crippen LogP contribution in [0.15, 0.2) is 35.8 Å². The van der Waals surface area contributed by atoms with E-state index in [0.29, 0.717) is 17.8 Å². The second-order valence-corrected chi connectivity index (χ2v) is 8.37. The molecule has 3 nitrogen and oxygen atoms in total. The monoisotopic (exact) mass is 343 g/mol. The number of carbonyl (C=O) groups excluding carboxylic acids is 1. The molecule has 2 unspecified atom stereocenters. The van der Waals surface area contributed by atoms with Crippen LogP contribution in [0.1, 0.15) is 59.8 Å². The number of nitrogens with zero attached hydrogens (tertiary/aromatic N) is 1. The highest BCUT2D eigenvalue weighted by atomic mass is 16.5. The maximum Gasteiger partial charge on any atom is 0.316 e. The average molecular weight is 344 g/mol. The fraction of sp³-hybridized carbons (Fsp3) is 0.682. The number of ether oxygens (including phenoxy) is 1. The molecule has 1 fully saturated rings. The molecule has 0 aromatic rings. The van der Waals surface area contributed by atoms with Gasteiger partial charge in [-0.05, 0) is 57.9 Å². The molecule has 0 aromatic heterocycles. The fourth-order valence-electron chi connectivity index (χ4n) is 4.36. The summed E-state index contributed by atoms with van der Waals surface area (Å²) in [6, 6.07) is 0. The zero-order valence-corrected chi connectivity index (χ0v) is 16.3. The van der Waals surface area contributed by atoms with Crippen molar-refractivity contribution in [2.45, 2.75) is 59.8 Å². The quantitative estimate of drug-likeness (QED) is 0.653.